The van der Waals surface area contributed by atoms with Gasteiger partial charge in [-0.3, -0.25) is 4.79 Å². The molecule has 0 radical (unpaired) electrons. The van der Waals surface area contributed by atoms with E-state index in [1.807, 2.05) is 0 Å². The van der Waals surface area contributed by atoms with Gasteiger partial charge in [0.1, 0.15) is 23.0 Å². The SMILES string of the molecule is COc1ccc(C(=O)Oc2ccc(O)c(C)c2C(=O)c2ccc(OC)cc2)cc1. The molecule has 6 nitrogen and oxygen atoms in total. The first kappa shape index (κ1) is 19.9. The van der Waals surface area contributed by atoms with Crippen LogP contribution in [-0.4, -0.2) is 31.1 Å². The van der Waals surface area contributed by atoms with Gasteiger partial charge >= 0.3 is 5.97 Å². The molecular formula is C23H20O6. The molecule has 0 saturated carbocycles. The van der Waals surface area contributed by atoms with Gasteiger partial charge in [0.05, 0.1) is 25.3 Å². The molecule has 148 valence electrons. The van der Waals surface area contributed by atoms with Crippen LogP contribution in [-0.2, 0) is 0 Å². The van der Waals surface area contributed by atoms with Crippen LogP contribution in [0.5, 0.6) is 23.0 Å². The average molecular weight is 392 g/mol. The highest BCUT2D eigenvalue weighted by Crippen LogP contribution is 2.32. The molecule has 0 aliphatic heterocycles. The van der Waals surface area contributed by atoms with Crippen molar-refractivity contribution in [2.24, 2.45) is 0 Å². The monoisotopic (exact) mass is 392 g/mol. The van der Waals surface area contributed by atoms with E-state index in [-0.39, 0.29) is 22.8 Å². The van der Waals surface area contributed by atoms with Crippen molar-refractivity contribution in [1.29, 1.82) is 0 Å². The maximum absolute atomic E-state index is 13.1. The van der Waals surface area contributed by atoms with Crippen LogP contribution in [0, 0.1) is 6.92 Å². The molecule has 3 aromatic rings. The van der Waals surface area contributed by atoms with Gasteiger partial charge in [-0.15, -0.1) is 0 Å². The number of phenols is 1. The van der Waals surface area contributed by atoms with Gasteiger partial charge in [0.15, 0.2) is 5.78 Å². The van der Waals surface area contributed by atoms with Crippen molar-refractivity contribution in [3.8, 4) is 23.0 Å². The number of carbonyl (C=O) groups excluding carboxylic acids is 2. The number of hydrogen-bond donors (Lipinski definition) is 1. The smallest absolute Gasteiger partial charge is 0.343 e. The van der Waals surface area contributed by atoms with Gasteiger partial charge in [-0.25, -0.2) is 4.79 Å². The third-order valence-corrected chi connectivity index (χ3v) is 4.51. The summed E-state index contributed by atoms with van der Waals surface area (Å²) in [5.74, 6) is 0.228. The normalized spacial score (nSPS) is 10.3. The highest BCUT2D eigenvalue weighted by molar-refractivity contribution is 6.12. The Kier molecular flexibility index (Phi) is 5.83. The highest BCUT2D eigenvalue weighted by Gasteiger charge is 2.22. The summed E-state index contributed by atoms with van der Waals surface area (Å²) in [6, 6.07) is 15.8. The number of ether oxygens (including phenoxy) is 3. The number of aromatic hydroxyl groups is 1. The Labute approximate surface area is 168 Å². The molecule has 6 heteroatoms. The predicted molar refractivity (Wildman–Crippen MR) is 107 cm³/mol. The van der Waals surface area contributed by atoms with Gasteiger partial charge in [0.2, 0.25) is 0 Å². The van der Waals surface area contributed by atoms with Gasteiger partial charge in [-0.05, 0) is 67.6 Å². The minimum absolute atomic E-state index is 0.0638. The molecule has 0 spiro atoms. The lowest BCUT2D eigenvalue weighted by atomic mass is 9.97. The lowest BCUT2D eigenvalue weighted by Crippen LogP contribution is -2.13. The number of phenolic OH excluding ortho intramolecular Hbond substituents is 1. The van der Waals surface area contributed by atoms with Crippen molar-refractivity contribution < 1.29 is 28.9 Å². The molecule has 1 N–H and O–H groups in total. The number of benzene rings is 3. The second-order valence-electron chi connectivity index (χ2n) is 6.26. The molecule has 0 heterocycles. The fraction of sp³-hybridized carbons (Fsp3) is 0.130. The average Bonchev–Trinajstić information content (AvgIpc) is 2.76. The van der Waals surface area contributed by atoms with E-state index in [9.17, 15) is 14.7 Å². The molecule has 3 rings (SSSR count). The summed E-state index contributed by atoms with van der Waals surface area (Å²) in [6.45, 7) is 1.59. The number of carbonyl (C=O) groups is 2. The van der Waals surface area contributed by atoms with E-state index in [2.05, 4.69) is 0 Å². The Hall–Kier alpha value is -3.80. The first-order chi connectivity index (χ1) is 13.9. The number of ketones is 1. The zero-order valence-corrected chi connectivity index (χ0v) is 16.3. The Morgan fingerprint density at radius 1 is 0.759 bits per heavy atom. The van der Waals surface area contributed by atoms with E-state index in [1.54, 1.807) is 55.5 Å². The van der Waals surface area contributed by atoms with Gasteiger partial charge in [-0.2, -0.15) is 0 Å². The highest BCUT2D eigenvalue weighted by atomic mass is 16.5. The zero-order valence-electron chi connectivity index (χ0n) is 16.3. The van der Waals surface area contributed by atoms with Crippen LogP contribution < -0.4 is 14.2 Å². The lowest BCUT2D eigenvalue weighted by molar-refractivity contribution is 0.0732. The van der Waals surface area contributed by atoms with Crippen LogP contribution in [0.25, 0.3) is 0 Å². The number of hydrogen-bond acceptors (Lipinski definition) is 6. The van der Waals surface area contributed by atoms with Crippen LogP contribution in [0.4, 0.5) is 0 Å². The molecule has 0 aliphatic rings. The third-order valence-electron chi connectivity index (χ3n) is 4.51. The van der Waals surface area contributed by atoms with Crippen molar-refractivity contribution in [3.05, 3.63) is 82.9 Å². The topological polar surface area (TPSA) is 82.1 Å². The molecule has 3 aromatic carbocycles. The molecule has 0 saturated heterocycles. The van der Waals surface area contributed by atoms with E-state index < -0.39 is 5.97 Å². The fourth-order valence-corrected chi connectivity index (χ4v) is 2.82. The molecule has 0 aromatic heterocycles. The van der Waals surface area contributed by atoms with E-state index >= 15 is 0 Å². The van der Waals surface area contributed by atoms with Crippen LogP contribution in [0.2, 0.25) is 0 Å². The summed E-state index contributed by atoms with van der Waals surface area (Å²) in [7, 11) is 3.07. The second kappa shape index (κ2) is 8.48. The summed E-state index contributed by atoms with van der Waals surface area (Å²) in [5, 5.41) is 10.1. The van der Waals surface area contributed by atoms with E-state index in [1.165, 1.54) is 26.4 Å². The van der Waals surface area contributed by atoms with Crippen molar-refractivity contribution in [3.63, 3.8) is 0 Å². The molecule has 0 fully saturated rings. The van der Waals surface area contributed by atoms with Crippen molar-refractivity contribution in [2.45, 2.75) is 6.92 Å². The second-order valence-corrected chi connectivity index (χ2v) is 6.26. The maximum Gasteiger partial charge on any atom is 0.343 e. The summed E-state index contributed by atoms with van der Waals surface area (Å²) in [6.07, 6.45) is 0. The number of esters is 1. The molecule has 0 bridgehead atoms. The first-order valence-corrected chi connectivity index (χ1v) is 8.82. The Morgan fingerprint density at radius 2 is 1.28 bits per heavy atom. The predicted octanol–water partition coefficient (Wildman–Crippen LogP) is 4.17. The van der Waals surface area contributed by atoms with Crippen LogP contribution in [0.15, 0.2) is 60.7 Å². The van der Waals surface area contributed by atoms with Crippen molar-refractivity contribution >= 4 is 11.8 Å². The standard InChI is InChI=1S/C23H20O6/c1-14-19(24)12-13-20(29-23(26)16-6-10-18(28-3)11-7-16)21(14)22(25)15-4-8-17(27-2)9-5-15/h4-13,24H,1-3H3. The summed E-state index contributed by atoms with van der Waals surface area (Å²) >= 11 is 0. The Morgan fingerprint density at radius 3 is 1.79 bits per heavy atom. The molecule has 0 unspecified atom stereocenters. The van der Waals surface area contributed by atoms with E-state index in [0.717, 1.165) is 0 Å². The van der Waals surface area contributed by atoms with E-state index in [4.69, 9.17) is 14.2 Å². The quantitative estimate of drug-likeness (QED) is 0.385. The van der Waals surface area contributed by atoms with Gasteiger partial charge in [0.25, 0.3) is 0 Å². The van der Waals surface area contributed by atoms with Crippen molar-refractivity contribution in [1.82, 2.24) is 0 Å². The van der Waals surface area contributed by atoms with Gasteiger partial charge in [0, 0.05) is 11.1 Å². The van der Waals surface area contributed by atoms with Gasteiger partial charge < -0.3 is 19.3 Å². The number of rotatable bonds is 6. The maximum atomic E-state index is 13.1. The van der Waals surface area contributed by atoms with E-state index in [0.29, 0.717) is 28.2 Å². The molecule has 0 aliphatic carbocycles. The molecule has 0 atom stereocenters. The summed E-state index contributed by atoms with van der Waals surface area (Å²) < 4.78 is 15.7. The first-order valence-electron chi connectivity index (χ1n) is 8.82. The molecule has 29 heavy (non-hydrogen) atoms. The van der Waals surface area contributed by atoms with Crippen molar-refractivity contribution in [2.75, 3.05) is 14.2 Å². The summed E-state index contributed by atoms with van der Waals surface area (Å²) in [4.78, 5) is 25.6. The zero-order chi connectivity index (χ0) is 21.0. The Bertz CT molecular complexity index is 1040. The minimum Gasteiger partial charge on any atom is -0.508 e. The van der Waals surface area contributed by atoms with Gasteiger partial charge in [-0.1, -0.05) is 0 Å². The number of methoxy groups -OCH3 is 2. The largest absolute Gasteiger partial charge is 0.508 e. The third kappa shape index (κ3) is 4.21. The lowest BCUT2D eigenvalue weighted by Gasteiger charge is -2.14. The minimum atomic E-state index is -0.624. The summed E-state index contributed by atoms with van der Waals surface area (Å²) in [5.41, 5.74) is 1.13. The fourth-order valence-electron chi connectivity index (χ4n) is 2.82. The molecular weight excluding hydrogens is 372 g/mol. The van der Waals surface area contributed by atoms with Crippen LogP contribution >= 0.6 is 0 Å². The molecule has 0 amide bonds. The van der Waals surface area contributed by atoms with Crippen LogP contribution in [0.3, 0.4) is 0 Å². The van der Waals surface area contributed by atoms with Crippen LogP contribution in [0.1, 0.15) is 31.8 Å². The Balaban J connectivity index is 1.95.